The molecule has 0 saturated carbocycles. The minimum atomic E-state index is -4.42. The summed E-state index contributed by atoms with van der Waals surface area (Å²) in [5.41, 5.74) is 0.614. The van der Waals surface area contributed by atoms with Crippen LogP contribution in [-0.2, 0) is 4.79 Å². The van der Waals surface area contributed by atoms with Crippen molar-refractivity contribution in [1.29, 1.82) is 0 Å². The van der Waals surface area contributed by atoms with Gasteiger partial charge >= 0.3 is 12.2 Å². The number of alkyl halides is 3. The Labute approximate surface area is 149 Å². The molecule has 0 bridgehead atoms. The van der Waals surface area contributed by atoms with Gasteiger partial charge in [0.05, 0.1) is 6.61 Å². The number of anilines is 1. The Bertz CT molecular complexity index is 612. The standard InChI is InChI=1S/C17H22F3N3O3/c1-2-26-14-5-3-13(4-6-14)22-16(25)23-9-7-12(8-10-23)15(24)21-11-17(18,19)20/h3-6,12H,2,7-11H2,1H3,(H,21,24)(H,22,25). The van der Waals surface area contributed by atoms with Crippen molar-refractivity contribution in [2.45, 2.75) is 25.9 Å². The zero-order chi connectivity index (χ0) is 19.2. The number of carbonyl (C=O) groups excluding carboxylic acids is 2. The Morgan fingerprint density at radius 3 is 2.35 bits per heavy atom. The Hall–Kier alpha value is -2.45. The van der Waals surface area contributed by atoms with Gasteiger partial charge in [-0.3, -0.25) is 4.79 Å². The zero-order valence-electron chi connectivity index (χ0n) is 14.4. The van der Waals surface area contributed by atoms with Gasteiger partial charge in [0.25, 0.3) is 0 Å². The predicted molar refractivity (Wildman–Crippen MR) is 90.0 cm³/mol. The highest BCUT2D eigenvalue weighted by molar-refractivity contribution is 5.89. The van der Waals surface area contributed by atoms with Crippen LogP contribution in [0.5, 0.6) is 5.75 Å². The second kappa shape index (κ2) is 8.77. The number of benzene rings is 1. The summed E-state index contributed by atoms with van der Waals surface area (Å²) < 4.78 is 41.8. The molecule has 2 rings (SSSR count). The van der Waals surface area contributed by atoms with Crippen molar-refractivity contribution in [2.24, 2.45) is 5.92 Å². The van der Waals surface area contributed by atoms with Crippen LogP contribution in [-0.4, -0.2) is 49.3 Å². The van der Waals surface area contributed by atoms with Crippen LogP contribution in [0.15, 0.2) is 24.3 Å². The maximum Gasteiger partial charge on any atom is 0.405 e. The van der Waals surface area contributed by atoms with Crippen molar-refractivity contribution in [3.8, 4) is 5.75 Å². The number of hydrogen-bond donors (Lipinski definition) is 2. The molecular weight excluding hydrogens is 351 g/mol. The van der Waals surface area contributed by atoms with Crippen LogP contribution in [0.2, 0.25) is 0 Å². The summed E-state index contributed by atoms with van der Waals surface area (Å²) in [4.78, 5) is 25.5. The van der Waals surface area contributed by atoms with E-state index in [4.69, 9.17) is 4.74 Å². The monoisotopic (exact) mass is 373 g/mol. The van der Waals surface area contributed by atoms with Crippen LogP contribution in [0.3, 0.4) is 0 Å². The van der Waals surface area contributed by atoms with Gasteiger partial charge in [0.1, 0.15) is 12.3 Å². The number of carbonyl (C=O) groups is 2. The van der Waals surface area contributed by atoms with E-state index in [1.165, 1.54) is 0 Å². The minimum absolute atomic E-state index is 0.302. The molecule has 1 heterocycles. The molecule has 9 heteroatoms. The highest BCUT2D eigenvalue weighted by Gasteiger charge is 2.31. The molecule has 0 aliphatic carbocycles. The van der Waals surface area contributed by atoms with Gasteiger partial charge in [-0.1, -0.05) is 0 Å². The van der Waals surface area contributed by atoms with Gasteiger partial charge in [-0.15, -0.1) is 0 Å². The van der Waals surface area contributed by atoms with E-state index in [0.29, 0.717) is 44.0 Å². The molecule has 26 heavy (non-hydrogen) atoms. The second-order valence-corrected chi connectivity index (χ2v) is 5.98. The van der Waals surface area contributed by atoms with Crippen molar-refractivity contribution in [2.75, 3.05) is 31.6 Å². The van der Waals surface area contributed by atoms with Gasteiger partial charge in [-0.05, 0) is 44.0 Å². The van der Waals surface area contributed by atoms with Crippen LogP contribution in [0.4, 0.5) is 23.7 Å². The molecule has 144 valence electrons. The molecule has 1 aliphatic rings. The van der Waals surface area contributed by atoms with Crippen molar-refractivity contribution in [3.05, 3.63) is 24.3 Å². The number of nitrogens with zero attached hydrogens (tertiary/aromatic N) is 1. The molecule has 0 aromatic heterocycles. The van der Waals surface area contributed by atoms with Gasteiger partial charge in [0.15, 0.2) is 0 Å². The van der Waals surface area contributed by atoms with E-state index in [0.717, 1.165) is 0 Å². The van der Waals surface area contributed by atoms with Crippen LogP contribution >= 0.6 is 0 Å². The first-order chi connectivity index (χ1) is 12.3. The summed E-state index contributed by atoms with van der Waals surface area (Å²) in [6.07, 6.45) is -3.76. The van der Waals surface area contributed by atoms with E-state index in [9.17, 15) is 22.8 Å². The maximum absolute atomic E-state index is 12.2. The van der Waals surface area contributed by atoms with Crippen molar-refractivity contribution >= 4 is 17.6 Å². The molecule has 1 aromatic rings. The number of amides is 3. The highest BCUT2D eigenvalue weighted by Crippen LogP contribution is 2.20. The van der Waals surface area contributed by atoms with Gasteiger partial charge < -0.3 is 20.3 Å². The molecule has 6 nitrogen and oxygen atoms in total. The molecule has 1 aliphatic heterocycles. The van der Waals surface area contributed by atoms with E-state index < -0.39 is 24.5 Å². The van der Waals surface area contributed by atoms with E-state index in [1.54, 1.807) is 29.2 Å². The first-order valence-corrected chi connectivity index (χ1v) is 8.41. The molecular formula is C17H22F3N3O3. The fraction of sp³-hybridized carbons (Fsp3) is 0.529. The van der Waals surface area contributed by atoms with Crippen LogP contribution in [0.1, 0.15) is 19.8 Å². The first-order valence-electron chi connectivity index (χ1n) is 8.41. The number of nitrogens with one attached hydrogen (secondary N) is 2. The normalized spacial score (nSPS) is 15.5. The first kappa shape index (κ1) is 19.9. The molecule has 0 radical (unpaired) electrons. The lowest BCUT2D eigenvalue weighted by Crippen LogP contribution is -2.45. The Balaban J connectivity index is 1.78. The van der Waals surface area contributed by atoms with Gasteiger partial charge in [0.2, 0.25) is 5.91 Å². The van der Waals surface area contributed by atoms with Crippen molar-refractivity contribution in [1.82, 2.24) is 10.2 Å². The largest absolute Gasteiger partial charge is 0.494 e. The Morgan fingerprint density at radius 1 is 1.19 bits per heavy atom. The molecule has 0 unspecified atom stereocenters. The second-order valence-electron chi connectivity index (χ2n) is 5.98. The summed E-state index contributed by atoms with van der Waals surface area (Å²) in [6, 6.07) is 6.64. The molecule has 0 spiro atoms. The Kier molecular flexibility index (Phi) is 6.70. The number of halogens is 3. The summed E-state index contributed by atoms with van der Waals surface area (Å²) in [6.45, 7) is 1.73. The number of piperidine rings is 1. The molecule has 1 aromatic carbocycles. The molecule has 1 saturated heterocycles. The average Bonchev–Trinajstić information content (AvgIpc) is 2.61. The van der Waals surface area contributed by atoms with Crippen molar-refractivity contribution < 1.29 is 27.5 Å². The van der Waals surface area contributed by atoms with Crippen LogP contribution in [0.25, 0.3) is 0 Å². The van der Waals surface area contributed by atoms with Crippen LogP contribution < -0.4 is 15.4 Å². The van der Waals surface area contributed by atoms with E-state index in [2.05, 4.69) is 5.32 Å². The lowest BCUT2D eigenvalue weighted by molar-refractivity contribution is -0.141. The predicted octanol–water partition coefficient (Wildman–Crippen LogP) is 3.01. The highest BCUT2D eigenvalue weighted by atomic mass is 19.4. The van der Waals surface area contributed by atoms with Crippen LogP contribution in [0, 0.1) is 5.92 Å². The van der Waals surface area contributed by atoms with E-state index in [-0.39, 0.29) is 6.03 Å². The Morgan fingerprint density at radius 2 is 1.81 bits per heavy atom. The lowest BCUT2D eigenvalue weighted by atomic mass is 9.96. The summed E-state index contributed by atoms with van der Waals surface area (Å²) in [5, 5.41) is 4.65. The summed E-state index contributed by atoms with van der Waals surface area (Å²) in [5.74, 6) is -0.419. The molecule has 2 N–H and O–H groups in total. The smallest absolute Gasteiger partial charge is 0.405 e. The summed E-state index contributed by atoms with van der Waals surface area (Å²) >= 11 is 0. The third-order valence-corrected chi connectivity index (χ3v) is 4.03. The third kappa shape index (κ3) is 6.12. The van der Waals surface area contributed by atoms with Gasteiger partial charge in [-0.2, -0.15) is 13.2 Å². The summed E-state index contributed by atoms with van der Waals surface area (Å²) in [7, 11) is 0. The number of ether oxygens (including phenoxy) is 1. The molecule has 1 fully saturated rings. The quantitative estimate of drug-likeness (QED) is 0.834. The van der Waals surface area contributed by atoms with Gasteiger partial charge in [-0.25, -0.2) is 4.79 Å². The SMILES string of the molecule is CCOc1ccc(NC(=O)N2CCC(C(=O)NCC(F)(F)F)CC2)cc1. The van der Waals surface area contributed by atoms with E-state index in [1.807, 2.05) is 12.2 Å². The number of hydrogen-bond acceptors (Lipinski definition) is 3. The number of rotatable bonds is 5. The fourth-order valence-corrected chi connectivity index (χ4v) is 2.68. The number of likely N-dealkylation sites (tertiary alicyclic amines) is 1. The molecule has 0 atom stereocenters. The zero-order valence-corrected chi connectivity index (χ0v) is 14.4. The third-order valence-electron chi connectivity index (χ3n) is 4.03. The lowest BCUT2D eigenvalue weighted by Gasteiger charge is -2.31. The molecule has 3 amide bonds. The average molecular weight is 373 g/mol. The topological polar surface area (TPSA) is 70.7 Å². The van der Waals surface area contributed by atoms with Crippen molar-refractivity contribution in [3.63, 3.8) is 0 Å². The fourth-order valence-electron chi connectivity index (χ4n) is 2.68. The minimum Gasteiger partial charge on any atom is -0.494 e. The van der Waals surface area contributed by atoms with E-state index >= 15 is 0 Å². The van der Waals surface area contributed by atoms with Gasteiger partial charge in [0, 0.05) is 24.7 Å². The maximum atomic E-state index is 12.2. The number of urea groups is 1.